The Labute approximate surface area is 106 Å². The summed E-state index contributed by atoms with van der Waals surface area (Å²) < 4.78 is 0. The lowest BCUT2D eigenvalue weighted by molar-refractivity contribution is -0.385. The average molecular weight is 259 g/mol. The summed E-state index contributed by atoms with van der Waals surface area (Å²) in [6.45, 7) is 5.51. The van der Waals surface area contributed by atoms with E-state index in [4.69, 9.17) is 5.73 Å². The molecule has 5 nitrogen and oxygen atoms in total. The molecule has 17 heavy (non-hydrogen) atoms. The predicted molar refractivity (Wildman–Crippen MR) is 68.4 cm³/mol. The van der Waals surface area contributed by atoms with Crippen LogP contribution in [0.25, 0.3) is 0 Å². The van der Waals surface area contributed by atoms with E-state index in [2.05, 4.69) is 6.58 Å². The van der Waals surface area contributed by atoms with E-state index in [0.29, 0.717) is 12.0 Å². The molecule has 94 valence electrons. The molecule has 0 amide bonds. The molecule has 0 heterocycles. The number of hydrogen-bond acceptors (Lipinski definition) is 4. The van der Waals surface area contributed by atoms with Crippen LogP contribution < -0.4 is 5.73 Å². The zero-order valence-electron chi connectivity index (χ0n) is 9.42. The number of benzene rings is 1. The van der Waals surface area contributed by atoms with Gasteiger partial charge in [-0.25, -0.2) is 0 Å². The van der Waals surface area contributed by atoms with Crippen LogP contribution in [0.1, 0.15) is 24.9 Å². The number of halogens is 1. The van der Waals surface area contributed by atoms with Gasteiger partial charge in [0.05, 0.1) is 10.5 Å². The Balaban J connectivity index is 0.00000256. The summed E-state index contributed by atoms with van der Waals surface area (Å²) >= 11 is 0. The minimum Gasteiger partial charge on any atom is -0.508 e. The Morgan fingerprint density at radius 2 is 2.24 bits per heavy atom. The molecule has 0 unspecified atom stereocenters. The van der Waals surface area contributed by atoms with Crippen LogP contribution in [0.4, 0.5) is 5.69 Å². The first kappa shape index (κ1) is 15.4. The summed E-state index contributed by atoms with van der Waals surface area (Å²) in [6, 6.07) is 3.33. The molecular weight excluding hydrogens is 244 g/mol. The third kappa shape index (κ3) is 4.05. The van der Waals surface area contributed by atoms with Gasteiger partial charge in [-0.3, -0.25) is 10.1 Å². The van der Waals surface area contributed by atoms with Crippen molar-refractivity contribution >= 4 is 18.1 Å². The van der Waals surface area contributed by atoms with Crippen LogP contribution in [0.15, 0.2) is 30.4 Å². The summed E-state index contributed by atoms with van der Waals surface area (Å²) in [7, 11) is 0. The molecule has 0 radical (unpaired) electrons. The van der Waals surface area contributed by atoms with Gasteiger partial charge in [0.25, 0.3) is 5.69 Å². The van der Waals surface area contributed by atoms with Crippen molar-refractivity contribution in [3.63, 3.8) is 0 Å². The largest absolute Gasteiger partial charge is 0.508 e. The number of phenolic OH excluding ortho intramolecular Hbond substituents is 1. The van der Waals surface area contributed by atoms with Gasteiger partial charge in [0.2, 0.25) is 0 Å². The van der Waals surface area contributed by atoms with E-state index in [1.165, 1.54) is 18.2 Å². The number of nitrogens with two attached hydrogens (primary N) is 1. The maximum Gasteiger partial charge on any atom is 0.274 e. The summed E-state index contributed by atoms with van der Waals surface area (Å²) in [6.07, 6.45) is 0.449. The predicted octanol–water partition coefficient (Wildman–Crippen LogP) is 2.69. The molecule has 0 aliphatic carbocycles. The first-order valence-electron chi connectivity index (χ1n) is 4.79. The van der Waals surface area contributed by atoms with Crippen molar-refractivity contribution in [3.05, 3.63) is 46.0 Å². The fourth-order valence-corrected chi connectivity index (χ4v) is 1.49. The quantitative estimate of drug-likeness (QED) is 0.494. The number of hydrogen-bond donors (Lipinski definition) is 2. The Morgan fingerprint density at radius 3 is 2.71 bits per heavy atom. The number of rotatable bonds is 4. The van der Waals surface area contributed by atoms with Crippen LogP contribution in [0.5, 0.6) is 5.75 Å². The average Bonchev–Trinajstić information content (AvgIpc) is 2.15. The van der Waals surface area contributed by atoms with Crippen molar-refractivity contribution < 1.29 is 10.0 Å². The van der Waals surface area contributed by atoms with Crippen molar-refractivity contribution in [2.45, 2.75) is 19.4 Å². The maximum absolute atomic E-state index is 10.8. The van der Waals surface area contributed by atoms with Crippen LogP contribution in [0.3, 0.4) is 0 Å². The minimum atomic E-state index is -0.523. The van der Waals surface area contributed by atoms with Gasteiger partial charge in [0, 0.05) is 12.1 Å². The van der Waals surface area contributed by atoms with Crippen molar-refractivity contribution in [2.75, 3.05) is 0 Å². The second kappa shape index (κ2) is 6.22. The summed E-state index contributed by atoms with van der Waals surface area (Å²) in [5.41, 5.74) is 6.91. The molecule has 0 fully saturated rings. The highest BCUT2D eigenvalue weighted by molar-refractivity contribution is 5.85. The molecule has 1 aromatic carbocycles. The molecule has 1 atom stereocenters. The lowest BCUT2D eigenvalue weighted by Gasteiger charge is -2.12. The lowest BCUT2D eigenvalue weighted by Crippen LogP contribution is -2.12. The molecule has 1 aromatic rings. The molecule has 1 rings (SSSR count). The lowest BCUT2D eigenvalue weighted by atomic mass is 9.99. The number of nitrogens with zero attached hydrogens (tertiary/aromatic N) is 1. The normalized spacial score (nSPS) is 11.4. The second-order valence-corrected chi connectivity index (χ2v) is 3.77. The van der Waals surface area contributed by atoms with Gasteiger partial charge < -0.3 is 10.8 Å². The number of aromatic hydroxyl groups is 1. The van der Waals surface area contributed by atoms with E-state index in [1.54, 1.807) is 6.92 Å². The second-order valence-electron chi connectivity index (χ2n) is 3.77. The highest BCUT2D eigenvalue weighted by Crippen LogP contribution is 2.30. The van der Waals surface area contributed by atoms with E-state index in [-0.39, 0.29) is 23.8 Å². The van der Waals surface area contributed by atoms with Gasteiger partial charge in [-0.1, -0.05) is 5.57 Å². The molecule has 0 aliphatic rings. The van der Waals surface area contributed by atoms with Gasteiger partial charge >= 0.3 is 0 Å². The fourth-order valence-electron chi connectivity index (χ4n) is 1.49. The first-order chi connectivity index (χ1) is 7.41. The zero-order chi connectivity index (χ0) is 12.3. The van der Waals surface area contributed by atoms with Gasteiger partial charge in [-0.05, 0) is 25.5 Å². The molecule has 0 saturated carbocycles. The van der Waals surface area contributed by atoms with Gasteiger partial charge in [-0.2, -0.15) is 0 Å². The summed E-state index contributed by atoms with van der Waals surface area (Å²) in [5.74, 6) is -0.0298. The smallest absolute Gasteiger partial charge is 0.274 e. The van der Waals surface area contributed by atoms with E-state index in [0.717, 1.165) is 5.57 Å². The van der Waals surface area contributed by atoms with E-state index in [1.807, 2.05) is 0 Å². The van der Waals surface area contributed by atoms with Crippen LogP contribution in [-0.2, 0) is 0 Å². The molecule has 0 spiro atoms. The summed E-state index contributed by atoms with van der Waals surface area (Å²) in [5, 5.41) is 20.1. The molecule has 0 bridgehead atoms. The molecular formula is C11H15ClN2O3. The van der Waals surface area contributed by atoms with Crippen molar-refractivity contribution in [1.82, 2.24) is 0 Å². The monoisotopic (exact) mass is 258 g/mol. The molecule has 0 saturated heterocycles. The van der Waals surface area contributed by atoms with Gasteiger partial charge in [0.15, 0.2) is 0 Å². The summed E-state index contributed by atoms with van der Waals surface area (Å²) in [4.78, 5) is 10.3. The molecule has 3 N–H and O–H groups in total. The SMILES string of the molecule is C=C(C)C[C@H](N)c1cc(O)ccc1[N+](=O)[O-].Cl. The minimum absolute atomic E-state index is 0. The standard InChI is InChI=1S/C11H14N2O3.ClH/c1-7(2)5-10(12)9-6-8(14)3-4-11(9)13(15)16;/h3-4,6,10,14H,1,5,12H2,2H3;1H/t10-;/m0./s1. The van der Waals surface area contributed by atoms with Crippen LogP contribution in [-0.4, -0.2) is 10.0 Å². The third-order valence-corrected chi connectivity index (χ3v) is 2.18. The maximum atomic E-state index is 10.8. The van der Waals surface area contributed by atoms with E-state index in [9.17, 15) is 15.2 Å². The highest BCUT2D eigenvalue weighted by Gasteiger charge is 2.19. The molecule has 0 aromatic heterocycles. The molecule has 0 aliphatic heterocycles. The number of nitro groups is 1. The van der Waals surface area contributed by atoms with Crippen LogP contribution in [0, 0.1) is 10.1 Å². The Morgan fingerprint density at radius 1 is 1.65 bits per heavy atom. The molecule has 6 heteroatoms. The topological polar surface area (TPSA) is 89.4 Å². The fraction of sp³-hybridized carbons (Fsp3) is 0.273. The number of nitro benzene ring substituents is 1. The van der Waals surface area contributed by atoms with Crippen molar-refractivity contribution in [1.29, 1.82) is 0 Å². The zero-order valence-corrected chi connectivity index (χ0v) is 10.2. The highest BCUT2D eigenvalue weighted by atomic mass is 35.5. The van der Waals surface area contributed by atoms with E-state index >= 15 is 0 Å². The van der Waals surface area contributed by atoms with Crippen LogP contribution in [0.2, 0.25) is 0 Å². The van der Waals surface area contributed by atoms with Gasteiger partial charge in [0.1, 0.15) is 5.75 Å². The Kier molecular flexibility index (Phi) is 5.64. The first-order valence-corrected chi connectivity index (χ1v) is 4.79. The van der Waals surface area contributed by atoms with E-state index < -0.39 is 11.0 Å². The third-order valence-electron chi connectivity index (χ3n) is 2.18. The Bertz CT molecular complexity index is 435. The number of phenols is 1. The van der Waals surface area contributed by atoms with Crippen LogP contribution >= 0.6 is 12.4 Å². The van der Waals surface area contributed by atoms with Crippen molar-refractivity contribution in [2.24, 2.45) is 5.73 Å². The van der Waals surface area contributed by atoms with Crippen molar-refractivity contribution in [3.8, 4) is 5.75 Å². The Hall–Kier alpha value is -1.59. The van der Waals surface area contributed by atoms with Gasteiger partial charge in [-0.15, -0.1) is 19.0 Å².